The molecule has 4 nitrogen and oxygen atoms in total. The van der Waals surface area contributed by atoms with Crippen molar-refractivity contribution in [1.82, 2.24) is 9.55 Å². The highest BCUT2D eigenvalue weighted by molar-refractivity contribution is 5.75. The van der Waals surface area contributed by atoms with Crippen LogP contribution in [0.4, 0.5) is 0 Å². The van der Waals surface area contributed by atoms with Crippen LogP contribution in [0.1, 0.15) is 36.7 Å². The number of aliphatic hydroxyl groups is 1. The van der Waals surface area contributed by atoms with Crippen LogP contribution >= 0.6 is 0 Å². The summed E-state index contributed by atoms with van der Waals surface area (Å²) in [6.45, 7) is 9.04. The lowest BCUT2D eigenvalue weighted by Crippen LogP contribution is -2.24. The Hall–Kier alpha value is -2.33. The fourth-order valence-corrected chi connectivity index (χ4v) is 3.01. The van der Waals surface area contributed by atoms with Gasteiger partial charge in [0.15, 0.2) is 0 Å². The number of hydrogen-bond acceptors (Lipinski definition) is 3. The highest BCUT2D eigenvalue weighted by atomic mass is 16.5. The van der Waals surface area contributed by atoms with Gasteiger partial charge in [0.1, 0.15) is 24.3 Å². The van der Waals surface area contributed by atoms with Crippen LogP contribution in [-0.4, -0.2) is 27.4 Å². The number of aliphatic hydroxyl groups excluding tert-OH is 1. The molecule has 0 radical (unpaired) electrons. The van der Waals surface area contributed by atoms with Gasteiger partial charge in [-0.2, -0.15) is 0 Å². The summed E-state index contributed by atoms with van der Waals surface area (Å²) >= 11 is 0. The van der Waals surface area contributed by atoms with E-state index >= 15 is 0 Å². The second-order valence-corrected chi connectivity index (χ2v) is 6.90. The van der Waals surface area contributed by atoms with E-state index in [1.54, 1.807) is 0 Å². The van der Waals surface area contributed by atoms with Crippen molar-refractivity contribution >= 4 is 11.0 Å². The molecule has 0 fully saturated rings. The molecule has 2 aromatic carbocycles. The smallest absolute Gasteiger partial charge is 0.122 e. The first-order valence-corrected chi connectivity index (χ1v) is 8.79. The SMILES string of the molecule is Cc1ccc(C(C)C)cc1OC[C@H](O)Cn1c(C)nc2ccccc21. The highest BCUT2D eigenvalue weighted by Gasteiger charge is 2.13. The van der Waals surface area contributed by atoms with E-state index in [2.05, 4.69) is 37.0 Å². The van der Waals surface area contributed by atoms with Gasteiger partial charge in [-0.3, -0.25) is 0 Å². The lowest BCUT2D eigenvalue weighted by molar-refractivity contribution is 0.0925. The summed E-state index contributed by atoms with van der Waals surface area (Å²) in [4.78, 5) is 4.54. The zero-order valence-electron chi connectivity index (χ0n) is 15.4. The van der Waals surface area contributed by atoms with Crippen LogP contribution < -0.4 is 4.74 Å². The zero-order valence-corrected chi connectivity index (χ0v) is 15.4. The van der Waals surface area contributed by atoms with E-state index in [9.17, 15) is 5.11 Å². The normalized spacial score (nSPS) is 12.7. The standard InChI is InChI=1S/C21H26N2O2/c1-14(2)17-10-9-15(3)21(11-17)25-13-18(24)12-23-16(4)22-19-7-5-6-8-20(19)23/h5-11,14,18,24H,12-13H2,1-4H3/t18-/m1/s1. The molecule has 0 spiro atoms. The van der Waals surface area contributed by atoms with Crippen LogP contribution in [0.25, 0.3) is 11.0 Å². The Morgan fingerprint density at radius 2 is 1.88 bits per heavy atom. The summed E-state index contributed by atoms with van der Waals surface area (Å²) in [6, 6.07) is 14.3. The number of imidazole rings is 1. The van der Waals surface area contributed by atoms with Crippen LogP contribution in [0.3, 0.4) is 0 Å². The lowest BCUT2D eigenvalue weighted by Gasteiger charge is -2.17. The van der Waals surface area contributed by atoms with Gasteiger partial charge in [0.25, 0.3) is 0 Å². The fourth-order valence-electron chi connectivity index (χ4n) is 3.01. The lowest BCUT2D eigenvalue weighted by atomic mass is 10.0. The molecular formula is C21H26N2O2. The van der Waals surface area contributed by atoms with Crippen molar-refractivity contribution in [3.8, 4) is 5.75 Å². The number of para-hydroxylation sites is 2. The number of fused-ring (bicyclic) bond motifs is 1. The van der Waals surface area contributed by atoms with Gasteiger partial charge in [-0.15, -0.1) is 0 Å². The molecule has 0 saturated heterocycles. The van der Waals surface area contributed by atoms with Gasteiger partial charge in [-0.25, -0.2) is 4.98 Å². The Kier molecular flexibility index (Phi) is 5.09. The van der Waals surface area contributed by atoms with Gasteiger partial charge in [-0.05, 0) is 49.1 Å². The van der Waals surface area contributed by atoms with E-state index in [-0.39, 0.29) is 6.61 Å². The summed E-state index contributed by atoms with van der Waals surface area (Å²) in [6.07, 6.45) is -0.599. The topological polar surface area (TPSA) is 47.3 Å². The van der Waals surface area contributed by atoms with Crippen LogP contribution in [0.2, 0.25) is 0 Å². The Morgan fingerprint density at radius 1 is 1.12 bits per heavy atom. The molecule has 3 aromatic rings. The van der Waals surface area contributed by atoms with E-state index < -0.39 is 6.10 Å². The van der Waals surface area contributed by atoms with Gasteiger partial charge in [0.2, 0.25) is 0 Å². The van der Waals surface area contributed by atoms with Crippen LogP contribution in [0.15, 0.2) is 42.5 Å². The minimum Gasteiger partial charge on any atom is -0.491 e. The molecule has 0 saturated carbocycles. The molecule has 1 aromatic heterocycles. The van der Waals surface area contributed by atoms with E-state index in [0.717, 1.165) is 28.2 Å². The van der Waals surface area contributed by atoms with Crippen molar-refractivity contribution in [2.45, 2.75) is 46.3 Å². The third-order valence-electron chi connectivity index (χ3n) is 4.55. The Labute approximate surface area is 149 Å². The number of rotatable bonds is 6. The van der Waals surface area contributed by atoms with Gasteiger partial charge in [-0.1, -0.05) is 38.1 Å². The first-order chi connectivity index (χ1) is 12.0. The number of aromatic nitrogens is 2. The van der Waals surface area contributed by atoms with Gasteiger partial charge < -0.3 is 14.4 Å². The number of ether oxygens (including phenoxy) is 1. The largest absolute Gasteiger partial charge is 0.491 e. The molecule has 1 N–H and O–H groups in total. The van der Waals surface area contributed by atoms with Crippen molar-refractivity contribution < 1.29 is 9.84 Å². The Bertz CT molecular complexity index is 867. The first-order valence-electron chi connectivity index (χ1n) is 8.79. The molecule has 132 valence electrons. The van der Waals surface area contributed by atoms with Crippen molar-refractivity contribution in [2.75, 3.05) is 6.61 Å². The van der Waals surface area contributed by atoms with E-state index in [1.165, 1.54) is 5.56 Å². The van der Waals surface area contributed by atoms with E-state index in [0.29, 0.717) is 12.5 Å². The van der Waals surface area contributed by atoms with Gasteiger partial charge in [0.05, 0.1) is 17.6 Å². The second-order valence-electron chi connectivity index (χ2n) is 6.90. The zero-order chi connectivity index (χ0) is 18.0. The molecule has 0 aliphatic heterocycles. The molecule has 4 heteroatoms. The number of benzene rings is 2. The minimum atomic E-state index is -0.599. The number of aryl methyl sites for hydroxylation is 2. The molecular weight excluding hydrogens is 312 g/mol. The summed E-state index contributed by atoms with van der Waals surface area (Å²) in [7, 11) is 0. The van der Waals surface area contributed by atoms with Gasteiger partial charge in [0, 0.05) is 0 Å². The molecule has 0 aliphatic carbocycles. The third kappa shape index (κ3) is 3.85. The predicted octanol–water partition coefficient (Wildman–Crippen LogP) is 4.22. The summed E-state index contributed by atoms with van der Waals surface area (Å²) < 4.78 is 7.95. The van der Waals surface area contributed by atoms with E-state index in [1.807, 2.05) is 42.7 Å². The maximum absolute atomic E-state index is 10.5. The Morgan fingerprint density at radius 3 is 2.64 bits per heavy atom. The monoisotopic (exact) mass is 338 g/mol. The third-order valence-corrected chi connectivity index (χ3v) is 4.55. The number of hydrogen-bond donors (Lipinski definition) is 1. The highest BCUT2D eigenvalue weighted by Crippen LogP contribution is 2.24. The average molecular weight is 338 g/mol. The molecule has 0 aliphatic rings. The summed E-state index contributed by atoms with van der Waals surface area (Å²) in [5.41, 5.74) is 4.32. The molecule has 3 rings (SSSR count). The van der Waals surface area contributed by atoms with Crippen molar-refractivity contribution in [3.05, 3.63) is 59.4 Å². The average Bonchev–Trinajstić information content (AvgIpc) is 2.89. The molecule has 1 atom stereocenters. The van der Waals surface area contributed by atoms with Gasteiger partial charge >= 0.3 is 0 Å². The number of nitrogens with zero attached hydrogens (tertiary/aromatic N) is 2. The van der Waals surface area contributed by atoms with Crippen LogP contribution in [0.5, 0.6) is 5.75 Å². The van der Waals surface area contributed by atoms with Crippen molar-refractivity contribution in [3.63, 3.8) is 0 Å². The molecule has 0 unspecified atom stereocenters. The van der Waals surface area contributed by atoms with E-state index in [4.69, 9.17) is 4.74 Å². The fraction of sp³-hybridized carbons (Fsp3) is 0.381. The van der Waals surface area contributed by atoms with Crippen LogP contribution in [-0.2, 0) is 6.54 Å². The summed E-state index contributed by atoms with van der Waals surface area (Å²) in [5, 5.41) is 10.5. The molecule has 0 amide bonds. The molecule has 0 bridgehead atoms. The van der Waals surface area contributed by atoms with Crippen molar-refractivity contribution in [2.24, 2.45) is 0 Å². The minimum absolute atomic E-state index is 0.258. The predicted molar refractivity (Wildman–Crippen MR) is 101 cm³/mol. The molecule has 25 heavy (non-hydrogen) atoms. The Balaban J connectivity index is 1.70. The van der Waals surface area contributed by atoms with Crippen LogP contribution in [0, 0.1) is 13.8 Å². The second kappa shape index (κ2) is 7.28. The first kappa shape index (κ1) is 17.5. The maximum atomic E-state index is 10.5. The maximum Gasteiger partial charge on any atom is 0.122 e. The summed E-state index contributed by atoms with van der Waals surface area (Å²) in [5.74, 6) is 2.20. The molecule has 1 heterocycles. The quantitative estimate of drug-likeness (QED) is 0.732. The van der Waals surface area contributed by atoms with Crippen molar-refractivity contribution in [1.29, 1.82) is 0 Å².